The Labute approximate surface area is 124 Å². The van der Waals surface area contributed by atoms with Crippen LogP contribution in [0.5, 0.6) is 0 Å². The second-order valence-corrected chi connectivity index (χ2v) is 6.32. The van der Waals surface area contributed by atoms with Gasteiger partial charge in [-0.15, -0.1) is 0 Å². The zero-order valence-corrected chi connectivity index (χ0v) is 12.5. The van der Waals surface area contributed by atoms with Crippen LogP contribution >= 0.6 is 0 Å². The van der Waals surface area contributed by atoms with Gasteiger partial charge in [0.1, 0.15) is 0 Å². The summed E-state index contributed by atoms with van der Waals surface area (Å²) in [7, 11) is -3.53. The Kier molecular flexibility index (Phi) is 4.72. The quantitative estimate of drug-likeness (QED) is 0.502. The SMILES string of the molecule is C/C(=N/N)c1ccc(S(=O)(=O)NCc2ccccc2)cc1. The molecule has 0 radical (unpaired) electrons. The molecule has 6 heteroatoms. The summed E-state index contributed by atoms with van der Waals surface area (Å²) in [6.45, 7) is 2.02. The molecule has 110 valence electrons. The molecule has 0 bridgehead atoms. The van der Waals surface area contributed by atoms with Crippen LogP contribution in [0.2, 0.25) is 0 Å². The van der Waals surface area contributed by atoms with Gasteiger partial charge in [0, 0.05) is 6.54 Å². The molecule has 0 unspecified atom stereocenters. The van der Waals surface area contributed by atoms with E-state index in [-0.39, 0.29) is 11.4 Å². The zero-order valence-electron chi connectivity index (χ0n) is 11.7. The molecule has 2 aromatic rings. The minimum absolute atomic E-state index is 0.215. The fourth-order valence-corrected chi connectivity index (χ4v) is 2.83. The van der Waals surface area contributed by atoms with Gasteiger partial charge in [0.15, 0.2) is 0 Å². The third-order valence-electron chi connectivity index (χ3n) is 3.09. The van der Waals surface area contributed by atoms with E-state index >= 15 is 0 Å². The van der Waals surface area contributed by atoms with Crippen LogP contribution in [0.3, 0.4) is 0 Å². The number of rotatable bonds is 5. The van der Waals surface area contributed by atoms with E-state index in [2.05, 4.69) is 9.82 Å². The van der Waals surface area contributed by atoms with Gasteiger partial charge in [-0.2, -0.15) is 5.10 Å². The van der Waals surface area contributed by atoms with Crippen LogP contribution in [0.15, 0.2) is 64.6 Å². The Hall–Kier alpha value is -2.18. The maximum atomic E-state index is 12.2. The van der Waals surface area contributed by atoms with Crippen LogP contribution in [0.4, 0.5) is 0 Å². The molecule has 0 aliphatic heterocycles. The minimum atomic E-state index is -3.53. The largest absolute Gasteiger partial charge is 0.323 e. The highest BCUT2D eigenvalue weighted by Crippen LogP contribution is 2.12. The normalized spacial score (nSPS) is 12.3. The summed E-state index contributed by atoms with van der Waals surface area (Å²) < 4.78 is 27.0. The molecule has 3 N–H and O–H groups in total. The zero-order chi connectivity index (χ0) is 15.3. The maximum Gasteiger partial charge on any atom is 0.240 e. The van der Waals surface area contributed by atoms with Crippen molar-refractivity contribution in [3.8, 4) is 0 Å². The third-order valence-corrected chi connectivity index (χ3v) is 4.50. The summed E-state index contributed by atoms with van der Waals surface area (Å²) >= 11 is 0. The van der Waals surface area contributed by atoms with Crippen molar-refractivity contribution in [1.82, 2.24) is 4.72 Å². The van der Waals surface area contributed by atoms with Gasteiger partial charge in [0.05, 0.1) is 10.6 Å². The standard InChI is InChI=1S/C15H17N3O2S/c1-12(18-16)14-7-9-15(10-8-14)21(19,20)17-11-13-5-3-2-4-6-13/h2-10,17H,11,16H2,1H3/b18-12-. The molecule has 0 aliphatic carbocycles. The number of nitrogens with one attached hydrogen (secondary N) is 1. The van der Waals surface area contributed by atoms with Crippen LogP contribution in [-0.4, -0.2) is 14.1 Å². The smallest absolute Gasteiger partial charge is 0.240 e. The van der Waals surface area contributed by atoms with Crippen LogP contribution in [0.1, 0.15) is 18.1 Å². The summed E-state index contributed by atoms with van der Waals surface area (Å²) in [5.74, 6) is 5.20. The topological polar surface area (TPSA) is 84.5 Å². The fraction of sp³-hybridized carbons (Fsp3) is 0.133. The molecule has 5 nitrogen and oxygen atoms in total. The van der Waals surface area contributed by atoms with E-state index in [1.54, 1.807) is 19.1 Å². The van der Waals surface area contributed by atoms with Crippen LogP contribution in [0.25, 0.3) is 0 Å². The van der Waals surface area contributed by atoms with E-state index in [1.165, 1.54) is 12.1 Å². The number of hydrogen-bond donors (Lipinski definition) is 2. The first kappa shape index (κ1) is 15.2. The predicted octanol–water partition coefficient (Wildman–Crippen LogP) is 1.85. The molecule has 0 aromatic heterocycles. The van der Waals surface area contributed by atoms with Crippen LogP contribution in [-0.2, 0) is 16.6 Å². The lowest BCUT2D eigenvalue weighted by Crippen LogP contribution is -2.23. The average molecular weight is 303 g/mol. The molecule has 0 fully saturated rings. The number of nitrogens with two attached hydrogens (primary N) is 1. The lowest BCUT2D eigenvalue weighted by Gasteiger charge is -2.07. The molecular weight excluding hydrogens is 286 g/mol. The van der Waals surface area contributed by atoms with Gasteiger partial charge in [-0.05, 0) is 30.2 Å². The Morgan fingerprint density at radius 3 is 2.29 bits per heavy atom. The number of sulfonamides is 1. The fourth-order valence-electron chi connectivity index (χ4n) is 1.81. The van der Waals surface area contributed by atoms with Crippen molar-refractivity contribution in [2.45, 2.75) is 18.4 Å². The van der Waals surface area contributed by atoms with Crippen molar-refractivity contribution >= 4 is 15.7 Å². The Morgan fingerprint density at radius 2 is 1.71 bits per heavy atom. The average Bonchev–Trinajstić information content (AvgIpc) is 2.53. The van der Waals surface area contributed by atoms with Gasteiger partial charge in [-0.25, -0.2) is 13.1 Å². The van der Waals surface area contributed by atoms with E-state index in [4.69, 9.17) is 5.84 Å². The number of benzene rings is 2. The molecule has 0 aliphatic rings. The molecule has 2 rings (SSSR count). The lowest BCUT2D eigenvalue weighted by atomic mass is 10.1. The van der Waals surface area contributed by atoms with Crippen LogP contribution < -0.4 is 10.6 Å². The second kappa shape index (κ2) is 6.51. The van der Waals surface area contributed by atoms with Gasteiger partial charge >= 0.3 is 0 Å². The Balaban J connectivity index is 2.12. The third kappa shape index (κ3) is 3.90. The van der Waals surface area contributed by atoms with Gasteiger partial charge < -0.3 is 5.84 Å². The van der Waals surface area contributed by atoms with Crippen molar-refractivity contribution in [2.75, 3.05) is 0 Å². The summed E-state index contributed by atoms with van der Waals surface area (Å²) in [6.07, 6.45) is 0. The molecule has 0 saturated carbocycles. The molecule has 0 spiro atoms. The first-order valence-electron chi connectivity index (χ1n) is 6.41. The van der Waals surface area contributed by atoms with E-state index in [0.29, 0.717) is 5.71 Å². The Bertz CT molecular complexity index is 723. The number of hydrogen-bond acceptors (Lipinski definition) is 4. The number of hydrazone groups is 1. The highest BCUT2D eigenvalue weighted by molar-refractivity contribution is 7.89. The highest BCUT2D eigenvalue weighted by Gasteiger charge is 2.13. The summed E-state index contributed by atoms with van der Waals surface area (Å²) in [5, 5.41) is 3.58. The summed E-state index contributed by atoms with van der Waals surface area (Å²) in [6, 6.07) is 15.8. The molecule has 0 heterocycles. The van der Waals surface area contributed by atoms with Gasteiger partial charge in [-0.3, -0.25) is 0 Å². The number of nitrogens with zero attached hydrogens (tertiary/aromatic N) is 1. The van der Waals surface area contributed by atoms with Crippen molar-refractivity contribution in [1.29, 1.82) is 0 Å². The summed E-state index contributed by atoms with van der Waals surface area (Å²) in [4.78, 5) is 0.215. The molecule has 0 saturated heterocycles. The Morgan fingerprint density at radius 1 is 1.10 bits per heavy atom. The lowest BCUT2D eigenvalue weighted by molar-refractivity contribution is 0.581. The molecular formula is C15H17N3O2S. The highest BCUT2D eigenvalue weighted by atomic mass is 32.2. The second-order valence-electron chi connectivity index (χ2n) is 4.55. The van der Waals surface area contributed by atoms with Crippen molar-refractivity contribution in [2.24, 2.45) is 10.9 Å². The van der Waals surface area contributed by atoms with E-state index < -0.39 is 10.0 Å². The van der Waals surface area contributed by atoms with E-state index in [9.17, 15) is 8.42 Å². The molecule has 0 atom stereocenters. The van der Waals surface area contributed by atoms with Crippen molar-refractivity contribution in [3.63, 3.8) is 0 Å². The van der Waals surface area contributed by atoms with Crippen molar-refractivity contribution in [3.05, 3.63) is 65.7 Å². The monoisotopic (exact) mass is 303 g/mol. The van der Waals surface area contributed by atoms with Gasteiger partial charge in [0.25, 0.3) is 0 Å². The van der Waals surface area contributed by atoms with E-state index in [0.717, 1.165) is 11.1 Å². The van der Waals surface area contributed by atoms with Crippen molar-refractivity contribution < 1.29 is 8.42 Å². The maximum absolute atomic E-state index is 12.2. The predicted molar refractivity (Wildman–Crippen MR) is 83.3 cm³/mol. The first-order chi connectivity index (χ1) is 10.0. The van der Waals surface area contributed by atoms with E-state index in [1.807, 2.05) is 30.3 Å². The molecule has 21 heavy (non-hydrogen) atoms. The first-order valence-corrected chi connectivity index (χ1v) is 7.90. The molecule has 2 aromatic carbocycles. The molecule has 0 amide bonds. The van der Waals surface area contributed by atoms with Crippen LogP contribution in [0, 0.1) is 0 Å². The summed E-state index contributed by atoms with van der Waals surface area (Å²) in [5.41, 5.74) is 2.35. The van der Waals surface area contributed by atoms with Gasteiger partial charge in [0.2, 0.25) is 10.0 Å². The minimum Gasteiger partial charge on any atom is -0.323 e. The van der Waals surface area contributed by atoms with Gasteiger partial charge in [-0.1, -0.05) is 42.5 Å².